The molecule has 0 unspecified atom stereocenters. The second-order valence-corrected chi connectivity index (χ2v) is 14.4. The number of nitrogens with zero attached hydrogens (tertiary/aromatic N) is 3. The topological polar surface area (TPSA) is 51.8 Å². The van der Waals surface area contributed by atoms with Crippen LogP contribution in [-0.2, 0) is 5.41 Å². The van der Waals surface area contributed by atoms with Crippen molar-refractivity contribution in [3.05, 3.63) is 125 Å². The van der Waals surface area contributed by atoms with Gasteiger partial charge in [-0.2, -0.15) is 0 Å². The molecule has 48 heavy (non-hydrogen) atoms. The average Bonchev–Trinajstić information content (AvgIpc) is 3.44. The third kappa shape index (κ3) is 4.86. The number of para-hydroxylation sites is 1. The van der Waals surface area contributed by atoms with Crippen LogP contribution in [0.15, 0.2) is 95.5 Å². The molecular weight excluding hydrogens is 587 g/mol. The van der Waals surface area contributed by atoms with Crippen LogP contribution in [0.5, 0.6) is 0 Å². The minimum Gasteiger partial charge on any atom is -0.453 e. The fourth-order valence-corrected chi connectivity index (χ4v) is 7.21. The maximum Gasteiger partial charge on any atom is 0.161 e. The molecule has 0 fully saturated rings. The number of hydrogen-bond acceptors (Lipinski definition) is 4. The zero-order valence-electron chi connectivity index (χ0n) is 28.9. The van der Waals surface area contributed by atoms with Gasteiger partial charge in [-0.3, -0.25) is 4.98 Å². The summed E-state index contributed by atoms with van der Waals surface area (Å²) in [6.07, 6.45) is 1.98. The maximum atomic E-state index is 6.64. The molecule has 0 radical (unpaired) electrons. The summed E-state index contributed by atoms with van der Waals surface area (Å²) < 4.78 is 6.64. The first kappa shape index (κ1) is 30.0. The number of aromatic nitrogens is 3. The van der Waals surface area contributed by atoms with Crippen LogP contribution in [0, 0.1) is 34.6 Å². The summed E-state index contributed by atoms with van der Waals surface area (Å²) in [7, 11) is 0. The third-order valence-electron chi connectivity index (χ3n) is 9.82. The van der Waals surface area contributed by atoms with Crippen molar-refractivity contribution >= 4 is 43.7 Å². The Balaban J connectivity index is 1.23. The van der Waals surface area contributed by atoms with E-state index in [2.05, 4.69) is 127 Å². The highest BCUT2D eigenvalue weighted by atomic mass is 16.3. The summed E-state index contributed by atoms with van der Waals surface area (Å²) in [4.78, 5) is 14.9. The highest BCUT2D eigenvalue weighted by molar-refractivity contribution is 6.16. The average molecular weight is 626 g/mol. The Morgan fingerprint density at radius 1 is 0.562 bits per heavy atom. The van der Waals surface area contributed by atoms with Gasteiger partial charge in [-0.1, -0.05) is 63.2 Å². The quantitative estimate of drug-likeness (QED) is 0.196. The third-order valence-corrected chi connectivity index (χ3v) is 9.82. The second kappa shape index (κ2) is 10.8. The van der Waals surface area contributed by atoms with Crippen LogP contribution in [0.1, 0.15) is 54.3 Å². The van der Waals surface area contributed by atoms with Gasteiger partial charge in [0.1, 0.15) is 11.1 Å². The van der Waals surface area contributed by atoms with Gasteiger partial charge in [-0.25, -0.2) is 9.97 Å². The predicted octanol–water partition coefficient (Wildman–Crippen LogP) is 11.9. The lowest BCUT2D eigenvalue weighted by Gasteiger charge is -2.22. The van der Waals surface area contributed by atoms with Crippen molar-refractivity contribution in [2.24, 2.45) is 0 Å². The lowest BCUT2D eigenvalue weighted by atomic mass is 9.83. The molecule has 0 aliphatic rings. The van der Waals surface area contributed by atoms with Crippen molar-refractivity contribution in [3.8, 4) is 33.6 Å². The SMILES string of the molecule is Cc1ccc2ccc3c4cccc(-c5cc(-c6cc7ccc(-c8c(C)cc(C(C)(C)C)cc8C)nc7cc6C)c(C)cn5)c4oc3c2n1. The van der Waals surface area contributed by atoms with Crippen molar-refractivity contribution in [2.75, 3.05) is 0 Å². The number of rotatable bonds is 3. The van der Waals surface area contributed by atoms with E-state index >= 15 is 0 Å². The van der Waals surface area contributed by atoms with Crippen molar-refractivity contribution in [2.45, 2.75) is 60.8 Å². The minimum atomic E-state index is 0.105. The van der Waals surface area contributed by atoms with Crippen molar-refractivity contribution in [3.63, 3.8) is 0 Å². The summed E-state index contributed by atoms with van der Waals surface area (Å²) in [5.41, 5.74) is 17.2. The molecule has 8 rings (SSSR count). The van der Waals surface area contributed by atoms with E-state index in [4.69, 9.17) is 19.4 Å². The van der Waals surface area contributed by atoms with Crippen LogP contribution in [0.3, 0.4) is 0 Å². The Hall–Kier alpha value is -5.35. The Morgan fingerprint density at radius 2 is 1.27 bits per heavy atom. The normalized spacial score (nSPS) is 12.2. The lowest BCUT2D eigenvalue weighted by molar-refractivity contribution is 0.589. The van der Waals surface area contributed by atoms with Crippen LogP contribution >= 0.6 is 0 Å². The molecule has 0 saturated heterocycles. The molecule has 4 heteroatoms. The van der Waals surface area contributed by atoms with E-state index in [0.29, 0.717) is 0 Å². The molecule has 0 saturated carbocycles. The van der Waals surface area contributed by atoms with Gasteiger partial charge < -0.3 is 4.42 Å². The molecule has 4 nitrogen and oxygen atoms in total. The van der Waals surface area contributed by atoms with Crippen LogP contribution in [0.4, 0.5) is 0 Å². The standard InChI is InChI=1S/C44H39N3O/c1-24-20-38-30(15-17-37(47-38)40-25(2)18-31(19-26(40)3)44(6,7)8)21-35(24)36-22-39(45-23-27(36)4)34-11-9-10-32-33-16-14-29-13-12-28(5)46-41(29)43(33)48-42(32)34/h9-23H,1-8H3. The molecule has 0 atom stereocenters. The van der Waals surface area contributed by atoms with Crippen LogP contribution in [-0.4, -0.2) is 15.0 Å². The van der Waals surface area contributed by atoms with E-state index < -0.39 is 0 Å². The molecule has 236 valence electrons. The van der Waals surface area contributed by atoms with Crippen LogP contribution in [0.2, 0.25) is 0 Å². The maximum absolute atomic E-state index is 6.64. The first-order valence-electron chi connectivity index (χ1n) is 16.7. The smallest absolute Gasteiger partial charge is 0.161 e. The summed E-state index contributed by atoms with van der Waals surface area (Å²) >= 11 is 0. The number of aryl methyl sites for hydroxylation is 5. The summed E-state index contributed by atoms with van der Waals surface area (Å²) in [5.74, 6) is 0. The number of furan rings is 1. The minimum absolute atomic E-state index is 0.105. The van der Waals surface area contributed by atoms with Crippen LogP contribution in [0.25, 0.3) is 77.4 Å². The number of hydrogen-bond donors (Lipinski definition) is 0. The monoisotopic (exact) mass is 625 g/mol. The Kier molecular flexibility index (Phi) is 6.78. The Morgan fingerprint density at radius 3 is 2.04 bits per heavy atom. The fraction of sp³-hybridized carbons (Fsp3) is 0.205. The van der Waals surface area contributed by atoms with Crippen LogP contribution < -0.4 is 0 Å². The molecular formula is C44H39N3O. The van der Waals surface area contributed by atoms with Gasteiger partial charge in [0, 0.05) is 44.6 Å². The van der Waals surface area contributed by atoms with E-state index in [1.807, 2.05) is 19.2 Å². The molecule has 0 spiro atoms. The van der Waals surface area contributed by atoms with Gasteiger partial charge in [-0.15, -0.1) is 0 Å². The molecule has 0 bridgehead atoms. The van der Waals surface area contributed by atoms with E-state index in [-0.39, 0.29) is 5.41 Å². The fourth-order valence-electron chi connectivity index (χ4n) is 7.21. The summed E-state index contributed by atoms with van der Waals surface area (Å²) in [6.45, 7) is 17.5. The number of fused-ring (bicyclic) bond motifs is 6. The van der Waals surface area contributed by atoms with Gasteiger partial charge in [0.25, 0.3) is 0 Å². The van der Waals surface area contributed by atoms with E-state index in [9.17, 15) is 0 Å². The second-order valence-electron chi connectivity index (χ2n) is 14.4. The van der Waals surface area contributed by atoms with E-state index in [1.165, 1.54) is 33.4 Å². The number of pyridine rings is 3. The Labute approximate surface area is 281 Å². The molecule has 8 aromatic rings. The molecule has 4 aromatic heterocycles. The van der Waals surface area contributed by atoms with Gasteiger partial charge >= 0.3 is 0 Å². The highest BCUT2D eigenvalue weighted by Gasteiger charge is 2.20. The summed E-state index contributed by atoms with van der Waals surface area (Å²) in [6, 6.07) is 30.4. The molecule has 0 N–H and O–H groups in total. The first-order valence-corrected chi connectivity index (χ1v) is 16.7. The molecule has 0 aliphatic carbocycles. The molecule has 4 heterocycles. The molecule has 0 amide bonds. The van der Waals surface area contributed by atoms with Crippen molar-refractivity contribution in [1.82, 2.24) is 15.0 Å². The van der Waals surface area contributed by atoms with Gasteiger partial charge in [0.2, 0.25) is 0 Å². The zero-order chi connectivity index (χ0) is 33.5. The first-order chi connectivity index (χ1) is 23.0. The highest BCUT2D eigenvalue weighted by Crippen LogP contribution is 2.40. The van der Waals surface area contributed by atoms with E-state index in [0.717, 1.165) is 77.5 Å². The van der Waals surface area contributed by atoms with Crippen molar-refractivity contribution in [1.29, 1.82) is 0 Å². The largest absolute Gasteiger partial charge is 0.453 e. The van der Waals surface area contributed by atoms with Gasteiger partial charge in [-0.05, 0) is 121 Å². The van der Waals surface area contributed by atoms with Crippen molar-refractivity contribution < 1.29 is 4.42 Å². The predicted molar refractivity (Wildman–Crippen MR) is 201 cm³/mol. The van der Waals surface area contributed by atoms with Gasteiger partial charge in [0.15, 0.2) is 5.58 Å². The summed E-state index contributed by atoms with van der Waals surface area (Å²) in [5, 5.41) is 4.32. The van der Waals surface area contributed by atoms with Gasteiger partial charge in [0.05, 0.1) is 16.9 Å². The Bertz CT molecular complexity index is 2580. The molecule has 0 aliphatic heterocycles. The number of benzene rings is 4. The van der Waals surface area contributed by atoms with E-state index in [1.54, 1.807) is 0 Å². The molecule has 4 aromatic carbocycles. The lowest BCUT2D eigenvalue weighted by Crippen LogP contribution is -2.12. The zero-order valence-corrected chi connectivity index (χ0v) is 28.9.